The van der Waals surface area contributed by atoms with Crippen molar-refractivity contribution in [1.82, 2.24) is 4.90 Å². The lowest BCUT2D eigenvalue weighted by atomic mass is 10.3. The highest BCUT2D eigenvalue weighted by molar-refractivity contribution is 6.31. The molecule has 2 amide bonds. The second-order valence-electron chi connectivity index (χ2n) is 3.47. The minimum absolute atomic E-state index is 0.0256. The molecule has 0 aliphatic heterocycles. The molecule has 1 aromatic carbocycles. The van der Waals surface area contributed by atoms with E-state index in [1.54, 1.807) is 14.2 Å². The van der Waals surface area contributed by atoms with Gasteiger partial charge in [0.2, 0.25) is 0 Å². The molecule has 0 spiro atoms. The van der Waals surface area contributed by atoms with Crippen LogP contribution in [-0.2, 0) is 4.74 Å². The van der Waals surface area contributed by atoms with Crippen LogP contribution in [0, 0.1) is 5.82 Å². The third-order valence-electron chi connectivity index (χ3n) is 2.15. The summed E-state index contributed by atoms with van der Waals surface area (Å²) in [6.07, 6.45) is 0. The zero-order chi connectivity index (χ0) is 12.8. The number of carbonyl (C=O) groups is 1. The van der Waals surface area contributed by atoms with Crippen LogP contribution in [0.1, 0.15) is 0 Å². The van der Waals surface area contributed by atoms with Gasteiger partial charge in [-0.25, -0.2) is 9.18 Å². The normalized spacial score (nSPS) is 10.1. The molecule has 0 fully saturated rings. The quantitative estimate of drug-likeness (QED) is 0.904. The predicted octanol–water partition coefficient (Wildman–Crippen LogP) is 2.59. The van der Waals surface area contributed by atoms with Crippen LogP contribution in [0.4, 0.5) is 14.9 Å². The molecular weight excluding hydrogens is 247 g/mol. The second-order valence-corrected chi connectivity index (χ2v) is 3.88. The van der Waals surface area contributed by atoms with Gasteiger partial charge >= 0.3 is 6.03 Å². The van der Waals surface area contributed by atoms with Crippen molar-refractivity contribution in [2.75, 3.05) is 32.6 Å². The van der Waals surface area contributed by atoms with Crippen LogP contribution < -0.4 is 5.32 Å². The van der Waals surface area contributed by atoms with Gasteiger partial charge in [0.25, 0.3) is 0 Å². The van der Waals surface area contributed by atoms with Gasteiger partial charge in [0.1, 0.15) is 5.82 Å². The summed E-state index contributed by atoms with van der Waals surface area (Å²) in [6, 6.07) is 3.71. The van der Waals surface area contributed by atoms with Crippen molar-refractivity contribution in [3.8, 4) is 0 Å². The van der Waals surface area contributed by atoms with E-state index in [0.29, 0.717) is 18.8 Å². The minimum Gasteiger partial charge on any atom is -0.383 e. The number of benzene rings is 1. The number of rotatable bonds is 4. The number of amides is 2. The van der Waals surface area contributed by atoms with E-state index in [2.05, 4.69) is 5.32 Å². The van der Waals surface area contributed by atoms with E-state index in [1.165, 1.54) is 23.1 Å². The highest BCUT2D eigenvalue weighted by atomic mass is 35.5. The Balaban J connectivity index is 2.58. The molecule has 6 heteroatoms. The van der Waals surface area contributed by atoms with Gasteiger partial charge in [-0.1, -0.05) is 11.6 Å². The number of nitrogens with one attached hydrogen (secondary N) is 1. The molecular formula is C11H14ClFN2O2. The number of urea groups is 1. The highest BCUT2D eigenvalue weighted by Gasteiger charge is 2.09. The second kappa shape index (κ2) is 6.42. The number of halogens is 2. The lowest BCUT2D eigenvalue weighted by Gasteiger charge is -2.17. The van der Waals surface area contributed by atoms with Crippen molar-refractivity contribution in [3.63, 3.8) is 0 Å². The fraction of sp³-hybridized carbons (Fsp3) is 0.364. The number of likely N-dealkylation sites (N-methyl/N-ethyl adjacent to an activating group) is 1. The lowest BCUT2D eigenvalue weighted by molar-refractivity contribution is 0.165. The van der Waals surface area contributed by atoms with Crippen molar-refractivity contribution >= 4 is 23.3 Å². The Bertz CT molecular complexity index is 401. The lowest BCUT2D eigenvalue weighted by Crippen LogP contribution is -2.33. The maximum absolute atomic E-state index is 12.9. The maximum atomic E-state index is 12.9. The Labute approximate surface area is 104 Å². The zero-order valence-electron chi connectivity index (χ0n) is 9.67. The molecule has 0 bridgehead atoms. The van der Waals surface area contributed by atoms with E-state index in [-0.39, 0.29) is 11.1 Å². The first-order valence-electron chi connectivity index (χ1n) is 5.00. The van der Waals surface area contributed by atoms with Gasteiger partial charge in [0.05, 0.1) is 11.6 Å². The number of anilines is 1. The van der Waals surface area contributed by atoms with E-state index in [0.717, 1.165) is 0 Å². The number of hydrogen-bond donors (Lipinski definition) is 1. The van der Waals surface area contributed by atoms with Crippen LogP contribution >= 0.6 is 11.6 Å². The van der Waals surface area contributed by atoms with Crippen LogP contribution in [0.3, 0.4) is 0 Å². The monoisotopic (exact) mass is 260 g/mol. The summed E-state index contributed by atoms with van der Waals surface area (Å²) in [5.74, 6) is -0.516. The van der Waals surface area contributed by atoms with Crippen LogP contribution in [0.25, 0.3) is 0 Å². The van der Waals surface area contributed by atoms with E-state index in [4.69, 9.17) is 16.3 Å². The number of ether oxygens (including phenoxy) is 1. The first-order valence-corrected chi connectivity index (χ1v) is 5.38. The fourth-order valence-corrected chi connectivity index (χ4v) is 1.30. The molecule has 0 unspecified atom stereocenters. The predicted molar refractivity (Wildman–Crippen MR) is 64.9 cm³/mol. The van der Waals surface area contributed by atoms with Crippen molar-refractivity contribution in [2.45, 2.75) is 0 Å². The molecule has 17 heavy (non-hydrogen) atoms. The molecule has 0 aliphatic rings. The molecule has 0 atom stereocenters. The SMILES string of the molecule is COCCN(C)C(=O)Nc1ccc(F)c(Cl)c1. The zero-order valence-corrected chi connectivity index (χ0v) is 10.4. The standard InChI is InChI=1S/C11H14ClFN2O2/c1-15(5-6-17-2)11(16)14-8-3-4-10(13)9(12)7-8/h3-4,7H,5-6H2,1-2H3,(H,14,16). The van der Waals surface area contributed by atoms with Crippen LogP contribution in [0.5, 0.6) is 0 Å². The Morgan fingerprint density at radius 1 is 1.59 bits per heavy atom. The Kier molecular flexibility index (Phi) is 5.18. The first kappa shape index (κ1) is 13.7. The van der Waals surface area contributed by atoms with Crippen LogP contribution in [-0.4, -0.2) is 38.2 Å². The number of nitrogens with zero attached hydrogens (tertiary/aromatic N) is 1. The van der Waals surface area contributed by atoms with Crippen molar-refractivity contribution < 1.29 is 13.9 Å². The van der Waals surface area contributed by atoms with Gasteiger partial charge in [-0.3, -0.25) is 0 Å². The summed E-state index contributed by atoms with van der Waals surface area (Å²) in [4.78, 5) is 13.1. The third kappa shape index (κ3) is 4.20. The van der Waals surface area contributed by atoms with Crippen molar-refractivity contribution in [2.24, 2.45) is 0 Å². The molecule has 0 saturated carbocycles. The van der Waals surface area contributed by atoms with Crippen molar-refractivity contribution in [3.05, 3.63) is 29.0 Å². The fourth-order valence-electron chi connectivity index (χ4n) is 1.12. The maximum Gasteiger partial charge on any atom is 0.321 e. The molecule has 4 nitrogen and oxygen atoms in total. The summed E-state index contributed by atoms with van der Waals surface area (Å²) in [6.45, 7) is 0.922. The largest absolute Gasteiger partial charge is 0.383 e. The summed E-state index contributed by atoms with van der Waals surface area (Å²) < 4.78 is 17.7. The molecule has 0 heterocycles. The van der Waals surface area contributed by atoms with Gasteiger partial charge in [0.15, 0.2) is 0 Å². The average Bonchev–Trinajstić information content (AvgIpc) is 2.30. The first-order chi connectivity index (χ1) is 8.04. The summed E-state index contributed by atoms with van der Waals surface area (Å²) in [5, 5.41) is 2.57. The molecule has 94 valence electrons. The van der Waals surface area contributed by atoms with Gasteiger partial charge in [0, 0.05) is 26.4 Å². The smallest absolute Gasteiger partial charge is 0.321 e. The van der Waals surface area contributed by atoms with Gasteiger partial charge < -0.3 is 15.0 Å². The summed E-state index contributed by atoms with van der Waals surface area (Å²) in [5.41, 5.74) is 0.450. The average molecular weight is 261 g/mol. The Morgan fingerprint density at radius 2 is 2.29 bits per heavy atom. The number of methoxy groups -OCH3 is 1. The molecule has 1 aromatic rings. The van der Waals surface area contributed by atoms with E-state index >= 15 is 0 Å². The molecule has 0 aliphatic carbocycles. The van der Waals surface area contributed by atoms with E-state index in [9.17, 15) is 9.18 Å². The Morgan fingerprint density at radius 3 is 2.88 bits per heavy atom. The summed E-state index contributed by atoms with van der Waals surface area (Å²) >= 11 is 5.60. The number of hydrogen-bond acceptors (Lipinski definition) is 2. The van der Waals surface area contributed by atoms with E-state index < -0.39 is 5.82 Å². The minimum atomic E-state index is -0.516. The third-order valence-corrected chi connectivity index (χ3v) is 2.44. The molecule has 0 radical (unpaired) electrons. The van der Waals surface area contributed by atoms with Gasteiger partial charge in [-0.05, 0) is 18.2 Å². The highest BCUT2D eigenvalue weighted by Crippen LogP contribution is 2.19. The van der Waals surface area contributed by atoms with E-state index in [1.807, 2.05) is 0 Å². The summed E-state index contributed by atoms with van der Waals surface area (Å²) in [7, 11) is 3.20. The van der Waals surface area contributed by atoms with Crippen molar-refractivity contribution in [1.29, 1.82) is 0 Å². The molecule has 0 saturated heterocycles. The Hall–Kier alpha value is -1.33. The molecule has 0 aromatic heterocycles. The van der Waals surface area contributed by atoms with Crippen LogP contribution in [0.2, 0.25) is 5.02 Å². The topological polar surface area (TPSA) is 41.6 Å². The van der Waals surface area contributed by atoms with Crippen LogP contribution in [0.15, 0.2) is 18.2 Å². The molecule has 1 N–H and O–H groups in total. The number of carbonyl (C=O) groups excluding carboxylic acids is 1. The van der Waals surface area contributed by atoms with Gasteiger partial charge in [-0.2, -0.15) is 0 Å². The molecule has 1 rings (SSSR count). The van der Waals surface area contributed by atoms with Gasteiger partial charge in [-0.15, -0.1) is 0 Å².